The van der Waals surface area contributed by atoms with E-state index < -0.39 is 12.1 Å². The third-order valence-electron chi connectivity index (χ3n) is 4.02. The standard InChI is InChI=1S/C20H23BrN2O3/c1-4-26-20(25)23-17(15-8-6-5-7-9-15)12-19(24)22-18-11-14(3)13(2)10-16(18)21/h5-11,17H,4,12H2,1-3H3,(H,22,24)(H,23,25)/t17-/m1/s1. The molecule has 138 valence electrons. The minimum absolute atomic E-state index is 0.0994. The van der Waals surface area contributed by atoms with Gasteiger partial charge in [0.1, 0.15) is 0 Å². The lowest BCUT2D eigenvalue weighted by atomic mass is 10.0. The molecule has 0 aromatic heterocycles. The molecule has 0 aliphatic carbocycles. The molecule has 6 heteroatoms. The number of carbonyl (C=O) groups is 2. The Kier molecular flexibility index (Phi) is 7.21. The van der Waals surface area contributed by atoms with Crippen LogP contribution in [0.4, 0.5) is 10.5 Å². The monoisotopic (exact) mass is 418 g/mol. The lowest BCUT2D eigenvalue weighted by Crippen LogP contribution is -2.32. The zero-order valence-corrected chi connectivity index (χ0v) is 16.7. The van der Waals surface area contributed by atoms with Crippen molar-refractivity contribution in [1.82, 2.24) is 5.32 Å². The van der Waals surface area contributed by atoms with Gasteiger partial charge in [-0.05, 0) is 65.5 Å². The summed E-state index contributed by atoms with van der Waals surface area (Å²) in [4.78, 5) is 24.4. The molecular weight excluding hydrogens is 396 g/mol. The van der Waals surface area contributed by atoms with Gasteiger partial charge in [0.05, 0.1) is 24.8 Å². The maximum atomic E-state index is 12.6. The molecule has 0 spiro atoms. The lowest BCUT2D eigenvalue weighted by molar-refractivity contribution is -0.116. The highest BCUT2D eigenvalue weighted by Crippen LogP contribution is 2.27. The van der Waals surface area contributed by atoms with Gasteiger partial charge in [-0.15, -0.1) is 0 Å². The SMILES string of the molecule is CCOC(=O)N[C@H](CC(=O)Nc1cc(C)c(C)cc1Br)c1ccccc1. The van der Waals surface area contributed by atoms with Crippen LogP contribution >= 0.6 is 15.9 Å². The predicted molar refractivity (Wildman–Crippen MR) is 106 cm³/mol. The molecule has 0 radical (unpaired) electrons. The third-order valence-corrected chi connectivity index (χ3v) is 4.67. The van der Waals surface area contributed by atoms with E-state index in [0.717, 1.165) is 21.2 Å². The van der Waals surface area contributed by atoms with Gasteiger partial charge >= 0.3 is 6.09 Å². The van der Waals surface area contributed by atoms with E-state index in [4.69, 9.17) is 4.74 Å². The minimum atomic E-state index is -0.540. The summed E-state index contributed by atoms with van der Waals surface area (Å²) in [5.41, 5.74) is 3.78. The van der Waals surface area contributed by atoms with Gasteiger partial charge in [-0.3, -0.25) is 4.79 Å². The van der Waals surface area contributed by atoms with Crippen molar-refractivity contribution in [1.29, 1.82) is 0 Å². The van der Waals surface area contributed by atoms with Gasteiger partial charge in [0.25, 0.3) is 0 Å². The molecule has 2 amide bonds. The van der Waals surface area contributed by atoms with Crippen molar-refractivity contribution >= 4 is 33.6 Å². The normalized spacial score (nSPS) is 11.5. The van der Waals surface area contributed by atoms with Crippen LogP contribution in [0, 0.1) is 13.8 Å². The fourth-order valence-electron chi connectivity index (χ4n) is 2.52. The Morgan fingerprint density at radius 2 is 1.77 bits per heavy atom. The second kappa shape index (κ2) is 9.38. The van der Waals surface area contributed by atoms with Crippen molar-refractivity contribution in [3.05, 3.63) is 63.6 Å². The van der Waals surface area contributed by atoms with Crippen LogP contribution in [-0.2, 0) is 9.53 Å². The number of ether oxygens (including phenoxy) is 1. The summed E-state index contributed by atoms with van der Waals surface area (Å²) in [6, 6.07) is 12.8. The Bertz CT molecular complexity index is 778. The van der Waals surface area contributed by atoms with Crippen LogP contribution in [0.25, 0.3) is 0 Å². The fraction of sp³-hybridized carbons (Fsp3) is 0.300. The number of hydrogen-bond donors (Lipinski definition) is 2. The molecule has 5 nitrogen and oxygen atoms in total. The second-order valence-electron chi connectivity index (χ2n) is 6.00. The van der Waals surface area contributed by atoms with Crippen LogP contribution < -0.4 is 10.6 Å². The van der Waals surface area contributed by atoms with Crippen LogP contribution in [0.1, 0.15) is 36.1 Å². The molecule has 0 heterocycles. The van der Waals surface area contributed by atoms with Crippen molar-refractivity contribution in [3.8, 4) is 0 Å². The lowest BCUT2D eigenvalue weighted by Gasteiger charge is -2.19. The van der Waals surface area contributed by atoms with Crippen molar-refractivity contribution < 1.29 is 14.3 Å². The Hall–Kier alpha value is -2.34. The van der Waals surface area contributed by atoms with Crippen LogP contribution in [-0.4, -0.2) is 18.6 Å². The Balaban J connectivity index is 2.13. The summed E-state index contributed by atoms with van der Waals surface area (Å²) in [7, 11) is 0. The second-order valence-corrected chi connectivity index (χ2v) is 6.85. The van der Waals surface area contributed by atoms with E-state index in [2.05, 4.69) is 26.6 Å². The summed E-state index contributed by atoms with van der Waals surface area (Å²) in [5, 5.41) is 5.66. The van der Waals surface area contributed by atoms with E-state index in [1.54, 1.807) is 6.92 Å². The molecule has 0 aliphatic rings. The zero-order valence-electron chi connectivity index (χ0n) is 15.1. The van der Waals surface area contributed by atoms with Gasteiger partial charge in [0.15, 0.2) is 0 Å². The number of alkyl carbamates (subject to hydrolysis) is 1. The molecule has 0 fully saturated rings. The van der Waals surface area contributed by atoms with Gasteiger partial charge < -0.3 is 15.4 Å². The molecule has 2 aromatic carbocycles. The molecule has 1 atom stereocenters. The molecule has 0 bridgehead atoms. The van der Waals surface area contributed by atoms with E-state index in [0.29, 0.717) is 5.69 Å². The van der Waals surface area contributed by atoms with E-state index in [1.807, 2.05) is 56.3 Å². The predicted octanol–water partition coefficient (Wildman–Crippen LogP) is 4.88. The van der Waals surface area contributed by atoms with Gasteiger partial charge in [0.2, 0.25) is 5.91 Å². The molecule has 26 heavy (non-hydrogen) atoms. The average molecular weight is 419 g/mol. The number of nitrogens with one attached hydrogen (secondary N) is 2. The molecule has 0 aliphatic heterocycles. The molecule has 0 saturated carbocycles. The van der Waals surface area contributed by atoms with Crippen LogP contribution in [0.15, 0.2) is 46.9 Å². The molecule has 0 saturated heterocycles. The Labute approximate surface area is 162 Å². The smallest absolute Gasteiger partial charge is 0.407 e. The first-order chi connectivity index (χ1) is 12.4. The van der Waals surface area contributed by atoms with Gasteiger partial charge in [-0.25, -0.2) is 4.79 Å². The largest absolute Gasteiger partial charge is 0.450 e. The average Bonchev–Trinajstić information content (AvgIpc) is 2.60. The number of benzene rings is 2. The molecule has 0 unspecified atom stereocenters. The topological polar surface area (TPSA) is 67.4 Å². The maximum Gasteiger partial charge on any atom is 0.407 e. The van der Waals surface area contributed by atoms with E-state index in [-0.39, 0.29) is 18.9 Å². The molecule has 2 aromatic rings. The number of amides is 2. The minimum Gasteiger partial charge on any atom is -0.450 e. The first-order valence-electron chi connectivity index (χ1n) is 8.45. The molecular formula is C20H23BrN2O3. The first-order valence-corrected chi connectivity index (χ1v) is 9.24. The quantitative estimate of drug-likeness (QED) is 0.701. The van der Waals surface area contributed by atoms with Crippen molar-refractivity contribution in [2.24, 2.45) is 0 Å². The van der Waals surface area contributed by atoms with Gasteiger partial charge in [-0.2, -0.15) is 0 Å². The summed E-state index contributed by atoms with van der Waals surface area (Å²) in [6.45, 7) is 6.02. The van der Waals surface area contributed by atoms with E-state index in [9.17, 15) is 9.59 Å². The van der Waals surface area contributed by atoms with Crippen molar-refractivity contribution in [2.45, 2.75) is 33.2 Å². The number of halogens is 1. The van der Waals surface area contributed by atoms with Gasteiger partial charge in [-0.1, -0.05) is 30.3 Å². The highest BCUT2D eigenvalue weighted by atomic mass is 79.9. The highest BCUT2D eigenvalue weighted by Gasteiger charge is 2.19. The number of aryl methyl sites for hydroxylation is 2. The fourth-order valence-corrected chi connectivity index (χ4v) is 3.07. The third kappa shape index (κ3) is 5.59. The summed E-state index contributed by atoms with van der Waals surface area (Å²) in [5.74, 6) is -0.195. The zero-order chi connectivity index (χ0) is 19.1. The highest BCUT2D eigenvalue weighted by molar-refractivity contribution is 9.10. The molecule has 2 N–H and O–H groups in total. The number of anilines is 1. The summed E-state index contributed by atoms with van der Waals surface area (Å²) < 4.78 is 5.78. The molecule has 2 rings (SSSR count). The number of rotatable bonds is 6. The number of carbonyl (C=O) groups excluding carboxylic acids is 2. The van der Waals surface area contributed by atoms with Crippen LogP contribution in [0.3, 0.4) is 0 Å². The van der Waals surface area contributed by atoms with Crippen molar-refractivity contribution in [3.63, 3.8) is 0 Å². The van der Waals surface area contributed by atoms with Crippen molar-refractivity contribution in [2.75, 3.05) is 11.9 Å². The summed E-state index contributed by atoms with van der Waals surface area (Å²) >= 11 is 3.48. The number of hydrogen-bond acceptors (Lipinski definition) is 3. The van der Waals surface area contributed by atoms with Crippen LogP contribution in [0.2, 0.25) is 0 Å². The van der Waals surface area contributed by atoms with Gasteiger partial charge in [0, 0.05) is 4.47 Å². The first kappa shape index (κ1) is 20.0. The van der Waals surface area contributed by atoms with E-state index >= 15 is 0 Å². The summed E-state index contributed by atoms with van der Waals surface area (Å²) in [6.07, 6.45) is -0.441. The van der Waals surface area contributed by atoms with E-state index in [1.165, 1.54) is 0 Å². The maximum absolute atomic E-state index is 12.6. The Morgan fingerprint density at radius 3 is 2.42 bits per heavy atom. The van der Waals surface area contributed by atoms with Crippen LogP contribution in [0.5, 0.6) is 0 Å². The Morgan fingerprint density at radius 1 is 1.12 bits per heavy atom.